The van der Waals surface area contributed by atoms with Gasteiger partial charge in [0.1, 0.15) is 12.6 Å². The molecule has 25 heavy (non-hydrogen) atoms. The number of hydrogen-bond donors (Lipinski definition) is 3. The van der Waals surface area contributed by atoms with E-state index in [0.717, 1.165) is 19.4 Å². The van der Waals surface area contributed by atoms with Crippen molar-refractivity contribution in [3.8, 4) is 0 Å². The SMILES string of the molecule is CCNC(=NCc1nc(C(C)OCC)no1)NCCNC(=O)C1CC1. The molecule has 1 aliphatic rings. The number of aromatic nitrogens is 2. The Hall–Kier alpha value is -2.16. The molecule has 0 aliphatic heterocycles. The summed E-state index contributed by atoms with van der Waals surface area (Å²) in [5.41, 5.74) is 0. The van der Waals surface area contributed by atoms with Gasteiger partial charge in [-0.3, -0.25) is 4.79 Å². The fourth-order valence-corrected chi connectivity index (χ4v) is 2.17. The van der Waals surface area contributed by atoms with E-state index in [4.69, 9.17) is 9.26 Å². The molecule has 1 saturated carbocycles. The molecule has 0 spiro atoms. The van der Waals surface area contributed by atoms with Crippen LogP contribution in [0.3, 0.4) is 0 Å². The van der Waals surface area contributed by atoms with Gasteiger partial charge in [-0.05, 0) is 33.6 Å². The molecule has 0 aromatic carbocycles. The normalized spacial score (nSPS) is 15.7. The van der Waals surface area contributed by atoms with Gasteiger partial charge >= 0.3 is 0 Å². The van der Waals surface area contributed by atoms with Crippen molar-refractivity contribution in [2.24, 2.45) is 10.9 Å². The molecule has 1 aromatic rings. The Labute approximate surface area is 148 Å². The molecule has 1 unspecified atom stereocenters. The van der Waals surface area contributed by atoms with E-state index in [9.17, 15) is 4.79 Å². The zero-order valence-corrected chi connectivity index (χ0v) is 15.2. The first-order valence-corrected chi connectivity index (χ1v) is 8.88. The van der Waals surface area contributed by atoms with E-state index < -0.39 is 0 Å². The first kappa shape index (κ1) is 19.2. The minimum atomic E-state index is -0.201. The van der Waals surface area contributed by atoms with E-state index in [1.54, 1.807) is 0 Å². The van der Waals surface area contributed by atoms with Crippen LogP contribution in [0.15, 0.2) is 9.52 Å². The van der Waals surface area contributed by atoms with Crippen LogP contribution in [0.4, 0.5) is 0 Å². The second-order valence-corrected chi connectivity index (χ2v) is 5.83. The number of ether oxygens (including phenoxy) is 1. The first-order valence-electron chi connectivity index (χ1n) is 8.88. The van der Waals surface area contributed by atoms with Crippen molar-refractivity contribution in [2.75, 3.05) is 26.2 Å². The summed E-state index contributed by atoms with van der Waals surface area (Å²) in [6, 6.07) is 0. The van der Waals surface area contributed by atoms with Crippen molar-refractivity contribution in [1.82, 2.24) is 26.1 Å². The molecule has 1 aliphatic carbocycles. The number of carbonyl (C=O) groups excluding carboxylic acids is 1. The molecular weight excluding hydrogens is 324 g/mol. The van der Waals surface area contributed by atoms with Gasteiger partial charge in [0.25, 0.3) is 0 Å². The van der Waals surface area contributed by atoms with Crippen LogP contribution in [0.25, 0.3) is 0 Å². The standard InChI is InChI=1S/C16H28N6O3/c1-4-17-16(19-9-8-18-15(23)12-6-7-12)20-10-13-21-14(22-25-13)11(3)24-5-2/h11-12H,4-10H2,1-3H3,(H,18,23)(H2,17,19,20). The molecular formula is C16H28N6O3. The molecule has 1 amide bonds. The van der Waals surface area contributed by atoms with Gasteiger partial charge in [-0.2, -0.15) is 4.98 Å². The lowest BCUT2D eigenvalue weighted by molar-refractivity contribution is -0.122. The topological polar surface area (TPSA) is 114 Å². The third-order valence-corrected chi connectivity index (χ3v) is 3.65. The number of carbonyl (C=O) groups is 1. The summed E-state index contributed by atoms with van der Waals surface area (Å²) in [7, 11) is 0. The molecule has 0 saturated heterocycles. The highest BCUT2D eigenvalue weighted by molar-refractivity contribution is 5.81. The zero-order valence-electron chi connectivity index (χ0n) is 15.2. The maximum absolute atomic E-state index is 11.6. The highest BCUT2D eigenvalue weighted by atomic mass is 16.5. The van der Waals surface area contributed by atoms with Gasteiger partial charge in [-0.25, -0.2) is 4.99 Å². The van der Waals surface area contributed by atoms with E-state index in [1.807, 2.05) is 20.8 Å². The summed E-state index contributed by atoms with van der Waals surface area (Å²) in [6.45, 7) is 8.55. The Bertz CT molecular complexity index is 570. The number of hydrogen-bond acceptors (Lipinski definition) is 6. The van der Waals surface area contributed by atoms with Gasteiger partial charge in [-0.15, -0.1) is 0 Å². The van der Waals surface area contributed by atoms with Crippen LogP contribution in [-0.2, 0) is 16.1 Å². The van der Waals surface area contributed by atoms with Crippen molar-refractivity contribution < 1.29 is 14.1 Å². The van der Waals surface area contributed by atoms with Crippen LogP contribution < -0.4 is 16.0 Å². The maximum atomic E-state index is 11.6. The van der Waals surface area contributed by atoms with E-state index in [-0.39, 0.29) is 24.5 Å². The Kier molecular flexibility index (Phi) is 7.65. The summed E-state index contributed by atoms with van der Waals surface area (Å²) in [4.78, 5) is 20.3. The van der Waals surface area contributed by atoms with E-state index >= 15 is 0 Å². The highest BCUT2D eigenvalue weighted by Crippen LogP contribution is 2.28. The van der Waals surface area contributed by atoms with Crippen molar-refractivity contribution in [3.05, 3.63) is 11.7 Å². The van der Waals surface area contributed by atoms with Gasteiger partial charge in [0, 0.05) is 32.2 Å². The molecule has 1 atom stereocenters. The van der Waals surface area contributed by atoms with E-state index in [0.29, 0.717) is 37.4 Å². The molecule has 0 bridgehead atoms. The minimum absolute atomic E-state index is 0.144. The molecule has 3 N–H and O–H groups in total. The van der Waals surface area contributed by atoms with Crippen molar-refractivity contribution >= 4 is 11.9 Å². The Morgan fingerprint density at radius 3 is 2.76 bits per heavy atom. The number of aliphatic imine (C=N–C) groups is 1. The molecule has 0 radical (unpaired) electrons. The lowest BCUT2D eigenvalue weighted by Gasteiger charge is -2.11. The number of rotatable bonds is 10. The van der Waals surface area contributed by atoms with Gasteiger partial charge in [0.15, 0.2) is 11.8 Å². The summed E-state index contributed by atoms with van der Waals surface area (Å²) in [6.07, 6.45) is 1.82. The smallest absolute Gasteiger partial charge is 0.248 e. The fourth-order valence-electron chi connectivity index (χ4n) is 2.17. The molecule has 9 nitrogen and oxygen atoms in total. The second kappa shape index (κ2) is 9.97. The number of amides is 1. The summed E-state index contributed by atoms with van der Waals surface area (Å²) >= 11 is 0. The zero-order chi connectivity index (χ0) is 18.1. The summed E-state index contributed by atoms with van der Waals surface area (Å²) < 4.78 is 10.6. The van der Waals surface area contributed by atoms with E-state index in [2.05, 4.69) is 31.1 Å². The Morgan fingerprint density at radius 1 is 1.32 bits per heavy atom. The third-order valence-electron chi connectivity index (χ3n) is 3.65. The molecule has 140 valence electrons. The first-order chi connectivity index (χ1) is 12.1. The number of nitrogens with one attached hydrogen (secondary N) is 3. The van der Waals surface area contributed by atoms with Crippen LogP contribution in [-0.4, -0.2) is 48.2 Å². The van der Waals surface area contributed by atoms with Crippen molar-refractivity contribution in [3.63, 3.8) is 0 Å². The number of nitrogens with zero attached hydrogens (tertiary/aromatic N) is 3. The quantitative estimate of drug-likeness (QED) is 0.323. The fraction of sp³-hybridized carbons (Fsp3) is 0.750. The Balaban J connectivity index is 1.76. The predicted molar refractivity (Wildman–Crippen MR) is 92.9 cm³/mol. The van der Waals surface area contributed by atoms with Crippen molar-refractivity contribution in [2.45, 2.75) is 46.3 Å². The van der Waals surface area contributed by atoms with Crippen LogP contribution in [0.5, 0.6) is 0 Å². The largest absolute Gasteiger partial charge is 0.371 e. The average Bonchev–Trinajstić information content (AvgIpc) is 3.34. The van der Waals surface area contributed by atoms with Gasteiger partial charge < -0.3 is 25.2 Å². The van der Waals surface area contributed by atoms with Crippen LogP contribution in [0, 0.1) is 5.92 Å². The van der Waals surface area contributed by atoms with Crippen molar-refractivity contribution in [1.29, 1.82) is 0 Å². The highest BCUT2D eigenvalue weighted by Gasteiger charge is 2.28. The summed E-state index contributed by atoms with van der Waals surface area (Å²) in [5, 5.41) is 13.1. The second-order valence-electron chi connectivity index (χ2n) is 5.83. The van der Waals surface area contributed by atoms with Crippen LogP contribution in [0.1, 0.15) is 51.4 Å². The monoisotopic (exact) mass is 352 g/mol. The molecule has 1 fully saturated rings. The predicted octanol–water partition coefficient (Wildman–Crippen LogP) is 0.748. The molecule has 2 rings (SSSR count). The average molecular weight is 352 g/mol. The van der Waals surface area contributed by atoms with Crippen LogP contribution in [0.2, 0.25) is 0 Å². The van der Waals surface area contributed by atoms with E-state index in [1.165, 1.54) is 0 Å². The van der Waals surface area contributed by atoms with Crippen LogP contribution >= 0.6 is 0 Å². The lowest BCUT2D eigenvalue weighted by Crippen LogP contribution is -2.41. The lowest BCUT2D eigenvalue weighted by atomic mass is 10.4. The number of guanidine groups is 1. The molecule has 1 heterocycles. The van der Waals surface area contributed by atoms with Gasteiger partial charge in [0.05, 0.1) is 0 Å². The Morgan fingerprint density at radius 2 is 2.08 bits per heavy atom. The van der Waals surface area contributed by atoms with Gasteiger partial charge in [0.2, 0.25) is 11.8 Å². The molecule has 9 heteroatoms. The summed E-state index contributed by atoms with van der Waals surface area (Å²) in [5.74, 6) is 1.97. The minimum Gasteiger partial charge on any atom is -0.371 e. The molecule has 1 aromatic heterocycles. The third kappa shape index (κ3) is 6.69. The maximum Gasteiger partial charge on any atom is 0.248 e. The van der Waals surface area contributed by atoms with Gasteiger partial charge in [-0.1, -0.05) is 5.16 Å².